The Morgan fingerprint density at radius 2 is 1.65 bits per heavy atom. The highest BCUT2D eigenvalue weighted by Gasteiger charge is 2.44. The minimum absolute atomic E-state index is 0.321. The lowest BCUT2D eigenvalue weighted by molar-refractivity contribution is -0.277. The second kappa shape index (κ2) is 10.4. The summed E-state index contributed by atoms with van der Waals surface area (Å²) in [7, 11) is 0. The second-order valence-electron chi connectivity index (χ2n) is 7.65. The van der Waals surface area contributed by atoms with E-state index < -0.39 is 43.6 Å². The van der Waals surface area contributed by atoms with Crippen LogP contribution in [0.2, 0.25) is 0 Å². The van der Waals surface area contributed by atoms with Gasteiger partial charge in [-0.15, -0.1) is 0 Å². The lowest BCUT2D eigenvalue weighted by Gasteiger charge is -2.39. The maximum absolute atomic E-state index is 10.3. The quantitative estimate of drug-likeness (QED) is 0.385. The molecule has 0 bridgehead atoms. The molecule has 8 nitrogen and oxygen atoms in total. The minimum Gasteiger partial charge on any atom is -0.465 e. The fraction of sp³-hybridized carbons (Fsp3) is 0.478. The maximum atomic E-state index is 10.3. The van der Waals surface area contributed by atoms with Crippen LogP contribution < -0.4 is 9.47 Å². The fourth-order valence-electron chi connectivity index (χ4n) is 3.46. The monoisotopic (exact) mass is 434 g/mol. The van der Waals surface area contributed by atoms with Crippen molar-refractivity contribution in [2.75, 3.05) is 6.61 Å². The second-order valence-corrected chi connectivity index (χ2v) is 7.65. The summed E-state index contributed by atoms with van der Waals surface area (Å²) in [5.41, 5.74) is 3.03. The van der Waals surface area contributed by atoms with E-state index in [0.717, 1.165) is 17.5 Å². The van der Waals surface area contributed by atoms with Crippen molar-refractivity contribution in [3.63, 3.8) is 0 Å². The third kappa shape index (κ3) is 5.74. The van der Waals surface area contributed by atoms with Crippen LogP contribution in [0.1, 0.15) is 30.5 Å². The summed E-state index contributed by atoms with van der Waals surface area (Å²) in [6, 6.07) is 13.2. The Hall–Kier alpha value is -2.20. The van der Waals surface area contributed by atoms with Crippen molar-refractivity contribution in [2.24, 2.45) is 0 Å². The summed E-state index contributed by atoms with van der Waals surface area (Å²) in [5, 5.41) is 49.3. The van der Waals surface area contributed by atoms with Gasteiger partial charge < -0.3 is 39.7 Å². The summed E-state index contributed by atoms with van der Waals surface area (Å²) in [6.07, 6.45) is -6.52. The van der Waals surface area contributed by atoms with E-state index in [2.05, 4.69) is 19.1 Å². The molecule has 1 aliphatic rings. The smallest absolute Gasteiger partial charge is 0.229 e. The number of aliphatic hydroxyl groups is 5. The van der Waals surface area contributed by atoms with Crippen LogP contribution in [0.3, 0.4) is 0 Å². The van der Waals surface area contributed by atoms with Crippen LogP contribution in [0.25, 0.3) is 0 Å². The van der Waals surface area contributed by atoms with Crippen LogP contribution in [0.5, 0.6) is 11.5 Å². The summed E-state index contributed by atoms with van der Waals surface area (Å²) in [6.45, 7) is 3.01. The number of benzene rings is 2. The van der Waals surface area contributed by atoms with E-state index >= 15 is 0 Å². The molecular formula is C23H30O8. The molecular weight excluding hydrogens is 404 g/mol. The zero-order valence-electron chi connectivity index (χ0n) is 17.6. The SMILES string of the molecule is CCc1ccc(Cc2ccc(OC(C)O)cc2O[C@H]2O[C@H](CO)[C@@H](O)[C@H](O)[C@H]2O)cc1. The van der Waals surface area contributed by atoms with E-state index in [4.69, 9.17) is 14.2 Å². The van der Waals surface area contributed by atoms with Gasteiger partial charge in [-0.2, -0.15) is 0 Å². The summed E-state index contributed by atoms with van der Waals surface area (Å²) in [5.74, 6) is 0.668. The predicted octanol–water partition coefficient (Wildman–Crippen LogP) is 0.736. The molecule has 1 aliphatic heterocycles. The standard InChI is InChI=1S/C23H30O8/c1-3-14-4-6-15(7-5-14)10-16-8-9-17(29-13(2)25)11-18(16)30-23-22(28)21(27)20(26)19(12-24)31-23/h4-9,11,13,19-28H,3,10,12H2,1-2H3/t13?,19-,20-,21+,22-,23+/m1/s1. The van der Waals surface area contributed by atoms with Gasteiger partial charge in [0.1, 0.15) is 35.9 Å². The Bertz CT molecular complexity index is 836. The summed E-state index contributed by atoms with van der Waals surface area (Å²) in [4.78, 5) is 0. The Kier molecular flexibility index (Phi) is 7.88. The maximum Gasteiger partial charge on any atom is 0.229 e. The molecule has 5 N–H and O–H groups in total. The lowest BCUT2D eigenvalue weighted by Crippen LogP contribution is -2.60. The van der Waals surface area contributed by atoms with Crippen molar-refractivity contribution < 1.29 is 39.7 Å². The van der Waals surface area contributed by atoms with Crippen LogP contribution in [-0.2, 0) is 17.6 Å². The first-order valence-corrected chi connectivity index (χ1v) is 10.3. The largest absolute Gasteiger partial charge is 0.465 e. The van der Waals surface area contributed by atoms with Crippen LogP contribution in [-0.4, -0.2) is 69.1 Å². The molecule has 6 atom stereocenters. The molecule has 0 aromatic heterocycles. The van der Waals surface area contributed by atoms with Gasteiger partial charge in [0.15, 0.2) is 6.29 Å². The van der Waals surface area contributed by atoms with Crippen molar-refractivity contribution in [3.05, 3.63) is 59.2 Å². The third-order valence-corrected chi connectivity index (χ3v) is 5.26. The number of rotatable bonds is 8. The lowest BCUT2D eigenvalue weighted by atomic mass is 9.99. The molecule has 0 saturated carbocycles. The van der Waals surface area contributed by atoms with Gasteiger partial charge in [0.25, 0.3) is 0 Å². The number of ether oxygens (including phenoxy) is 3. The van der Waals surface area contributed by atoms with Crippen LogP contribution in [0.15, 0.2) is 42.5 Å². The van der Waals surface area contributed by atoms with Gasteiger partial charge in [0, 0.05) is 12.5 Å². The van der Waals surface area contributed by atoms with Crippen molar-refractivity contribution in [1.82, 2.24) is 0 Å². The van der Waals surface area contributed by atoms with Gasteiger partial charge in [-0.25, -0.2) is 0 Å². The van der Waals surface area contributed by atoms with E-state index in [-0.39, 0.29) is 0 Å². The highest BCUT2D eigenvalue weighted by Crippen LogP contribution is 2.31. The molecule has 2 aromatic carbocycles. The number of aryl methyl sites for hydroxylation is 1. The molecule has 0 aliphatic carbocycles. The van der Waals surface area contributed by atoms with E-state index in [1.54, 1.807) is 18.2 Å². The first-order valence-electron chi connectivity index (χ1n) is 10.3. The molecule has 170 valence electrons. The Labute approximate surface area is 181 Å². The summed E-state index contributed by atoms with van der Waals surface area (Å²) < 4.78 is 16.7. The third-order valence-electron chi connectivity index (χ3n) is 5.26. The van der Waals surface area contributed by atoms with Crippen molar-refractivity contribution in [3.8, 4) is 11.5 Å². The molecule has 1 heterocycles. The van der Waals surface area contributed by atoms with Crippen LogP contribution in [0, 0.1) is 0 Å². The summed E-state index contributed by atoms with van der Waals surface area (Å²) >= 11 is 0. The molecule has 1 unspecified atom stereocenters. The average molecular weight is 434 g/mol. The zero-order chi connectivity index (χ0) is 22.5. The van der Waals surface area contributed by atoms with Crippen molar-refractivity contribution >= 4 is 0 Å². The molecule has 0 amide bonds. The van der Waals surface area contributed by atoms with Gasteiger partial charge in [-0.05, 0) is 36.1 Å². The van der Waals surface area contributed by atoms with Gasteiger partial charge >= 0.3 is 0 Å². The Morgan fingerprint density at radius 1 is 0.968 bits per heavy atom. The van der Waals surface area contributed by atoms with Gasteiger partial charge in [0.05, 0.1) is 6.61 Å². The highest BCUT2D eigenvalue weighted by molar-refractivity contribution is 5.43. The Balaban J connectivity index is 1.87. The molecule has 1 fully saturated rings. The zero-order valence-corrected chi connectivity index (χ0v) is 17.6. The highest BCUT2D eigenvalue weighted by atomic mass is 16.7. The molecule has 8 heteroatoms. The van der Waals surface area contributed by atoms with E-state index in [1.807, 2.05) is 12.1 Å². The first kappa shape index (κ1) is 23.5. The topological polar surface area (TPSA) is 129 Å². The average Bonchev–Trinajstić information content (AvgIpc) is 2.76. The number of aliphatic hydroxyl groups excluding tert-OH is 5. The van der Waals surface area contributed by atoms with Crippen molar-refractivity contribution in [1.29, 1.82) is 0 Å². The normalized spacial score (nSPS) is 27.0. The molecule has 31 heavy (non-hydrogen) atoms. The number of hydrogen-bond donors (Lipinski definition) is 5. The molecule has 2 aromatic rings. The van der Waals surface area contributed by atoms with Crippen molar-refractivity contribution in [2.45, 2.75) is 63.7 Å². The van der Waals surface area contributed by atoms with E-state index in [0.29, 0.717) is 17.9 Å². The predicted molar refractivity (Wildman–Crippen MR) is 112 cm³/mol. The minimum atomic E-state index is -1.54. The molecule has 0 radical (unpaired) electrons. The molecule has 1 saturated heterocycles. The van der Waals surface area contributed by atoms with Gasteiger partial charge in [-0.1, -0.05) is 37.3 Å². The van der Waals surface area contributed by atoms with Gasteiger partial charge in [0.2, 0.25) is 6.29 Å². The van der Waals surface area contributed by atoms with E-state index in [9.17, 15) is 25.5 Å². The fourth-order valence-corrected chi connectivity index (χ4v) is 3.46. The van der Waals surface area contributed by atoms with Crippen LogP contribution >= 0.6 is 0 Å². The van der Waals surface area contributed by atoms with Gasteiger partial charge in [-0.3, -0.25) is 0 Å². The van der Waals surface area contributed by atoms with E-state index in [1.165, 1.54) is 12.5 Å². The molecule has 0 spiro atoms. The Morgan fingerprint density at radius 3 is 2.26 bits per heavy atom. The number of hydrogen-bond acceptors (Lipinski definition) is 8. The molecule has 3 rings (SSSR count). The first-order chi connectivity index (χ1) is 14.8. The van der Waals surface area contributed by atoms with Crippen LogP contribution in [0.4, 0.5) is 0 Å².